The van der Waals surface area contributed by atoms with E-state index >= 15 is 0 Å². The van der Waals surface area contributed by atoms with Crippen molar-refractivity contribution in [2.45, 2.75) is 20.0 Å². The zero-order valence-electron chi connectivity index (χ0n) is 13.8. The van der Waals surface area contributed by atoms with Gasteiger partial charge in [-0.25, -0.2) is 18.7 Å². The Bertz CT molecular complexity index is 1100. The van der Waals surface area contributed by atoms with Gasteiger partial charge in [0.2, 0.25) is 0 Å². The van der Waals surface area contributed by atoms with Gasteiger partial charge in [-0.15, -0.1) is 0 Å². The van der Waals surface area contributed by atoms with Crippen LogP contribution in [0, 0.1) is 12.7 Å². The number of nitrogens with zero attached hydrogens (tertiary/aromatic N) is 3. The minimum absolute atomic E-state index is 0.00471. The Balaban J connectivity index is 2.02. The number of nitrogens with one attached hydrogen (secondary N) is 2. The van der Waals surface area contributed by atoms with Gasteiger partial charge >= 0.3 is 0 Å². The summed E-state index contributed by atoms with van der Waals surface area (Å²) in [6.07, 6.45) is 0.145. The van der Waals surface area contributed by atoms with Crippen LogP contribution in [0.5, 0.6) is 0 Å². The molecule has 3 heterocycles. The van der Waals surface area contributed by atoms with E-state index < -0.39 is 12.0 Å². The fraction of sp³-hybridized carbons (Fsp3) is 0.235. The SMILES string of the molecule is CNc1nc2ccc(-c3c(C)c(F)c(C(C)F)c4[nH]ncc34)nc2s1. The second-order valence-electron chi connectivity index (χ2n) is 5.79. The molecule has 0 amide bonds. The van der Waals surface area contributed by atoms with Crippen LogP contribution in [0.2, 0.25) is 0 Å². The third-order valence-electron chi connectivity index (χ3n) is 4.24. The van der Waals surface area contributed by atoms with Crippen molar-refractivity contribution >= 4 is 37.7 Å². The maximum atomic E-state index is 14.8. The molecule has 0 saturated heterocycles. The van der Waals surface area contributed by atoms with E-state index in [1.54, 1.807) is 26.2 Å². The van der Waals surface area contributed by atoms with Crippen LogP contribution < -0.4 is 5.32 Å². The van der Waals surface area contributed by atoms with Gasteiger partial charge in [0.15, 0.2) is 5.13 Å². The lowest BCUT2D eigenvalue weighted by Gasteiger charge is -2.14. The van der Waals surface area contributed by atoms with Crippen molar-refractivity contribution in [1.29, 1.82) is 0 Å². The molecule has 0 saturated carbocycles. The van der Waals surface area contributed by atoms with E-state index in [0.717, 1.165) is 15.5 Å². The van der Waals surface area contributed by atoms with Gasteiger partial charge in [0, 0.05) is 23.6 Å². The predicted molar refractivity (Wildman–Crippen MR) is 96.3 cm³/mol. The van der Waals surface area contributed by atoms with Gasteiger partial charge in [0.05, 0.1) is 17.4 Å². The molecule has 0 aliphatic carbocycles. The highest BCUT2D eigenvalue weighted by molar-refractivity contribution is 7.21. The molecule has 0 radical (unpaired) electrons. The number of alkyl halides is 1. The molecule has 3 aromatic heterocycles. The molecule has 0 fully saturated rings. The van der Waals surface area contributed by atoms with Gasteiger partial charge < -0.3 is 5.32 Å². The summed E-state index contributed by atoms with van der Waals surface area (Å²) in [6.45, 7) is 2.96. The Kier molecular flexibility index (Phi) is 3.64. The number of halogens is 2. The fourth-order valence-electron chi connectivity index (χ4n) is 3.07. The van der Waals surface area contributed by atoms with E-state index in [1.165, 1.54) is 18.3 Å². The largest absolute Gasteiger partial charge is 0.365 e. The summed E-state index contributed by atoms with van der Waals surface area (Å²) < 4.78 is 28.8. The fourth-order valence-corrected chi connectivity index (χ4v) is 3.86. The highest BCUT2D eigenvalue weighted by Gasteiger charge is 2.23. The number of H-pyrrole nitrogens is 1. The number of aromatic amines is 1. The van der Waals surface area contributed by atoms with Crippen molar-refractivity contribution < 1.29 is 8.78 Å². The Labute approximate surface area is 146 Å². The summed E-state index contributed by atoms with van der Waals surface area (Å²) in [5, 5.41) is 11.1. The number of rotatable bonds is 3. The normalized spacial score (nSPS) is 12.8. The third-order valence-corrected chi connectivity index (χ3v) is 5.22. The average molecular weight is 359 g/mol. The molecule has 0 aliphatic rings. The summed E-state index contributed by atoms with van der Waals surface area (Å²) in [6, 6.07) is 3.65. The van der Waals surface area contributed by atoms with E-state index in [0.29, 0.717) is 27.7 Å². The van der Waals surface area contributed by atoms with E-state index in [9.17, 15) is 8.78 Å². The highest BCUT2D eigenvalue weighted by Crippen LogP contribution is 2.38. The lowest BCUT2D eigenvalue weighted by Crippen LogP contribution is -2.00. The molecule has 25 heavy (non-hydrogen) atoms. The van der Waals surface area contributed by atoms with Crippen LogP contribution in [0.25, 0.3) is 32.5 Å². The van der Waals surface area contributed by atoms with Gasteiger partial charge in [-0.1, -0.05) is 11.3 Å². The molecular formula is C17H15F2N5S. The molecule has 1 aromatic carbocycles. The number of fused-ring (bicyclic) bond motifs is 2. The number of hydrogen-bond donors (Lipinski definition) is 2. The van der Waals surface area contributed by atoms with E-state index in [1.807, 2.05) is 6.07 Å². The van der Waals surface area contributed by atoms with Crippen molar-refractivity contribution in [2.75, 3.05) is 12.4 Å². The summed E-state index contributed by atoms with van der Waals surface area (Å²) in [7, 11) is 1.80. The monoisotopic (exact) mass is 359 g/mol. The van der Waals surface area contributed by atoms with Gasteiger partial charge in [-0.05, 0) is 31.5 Å². The summed E-state index contributed by atoms with van der Waals surface area (Å²) in [5.74, 6) is -0.566. The van der Waals surface area contributed by atoms with Crippen LogP contribution in [-0.4, -0.2) is 27.2 Å². The summed E-state index contributed by atoms with van der Waals surface area (Å²) >= 11 is 1.42. The minimum Gasteiger partial charge on any atom is -0.365 e. The summed E-state index contributed by atoms with van der Waals surface area (Å²) in [4.78, 5) is 9.78. The number of aromatic nitrogens is 4. The maximum Gasteiger partial charge on any atom is 0.185 e. The number of benzene rings is 1. The first-order valence-electron chi connectivity index (χ1n) is 7.76. The van der Waals surface area contributed by atoms with Crippen molar-refractivity contribution in [3.05, 3.63) is 35.3 Å². The molecule has 0 spiro atoms. The molecule has 0 aliphatic heterocycles. The zero-order valence-corrected chi connectivity index (χ0v) is 14.6. The van der Waals surface area contributed by atoms with Crippen LogP contribution in [0.3, 0.4) is 0 Å². The number of thiazole rings is 1. The molecule has 5 nitrogen and oxygen atoms in total. The summed E-state index contributed by atoms with van der Waals surface area (Å²) in [5.41, 5.74) is 2.74. The van der Waals surface area contributed by atoms with E-state index in [4.69, 9.17) is 0 Å². The topological polar surface area (TPSA) is 66.5 Å². The smallest absolute Gasteiger partial charge is 0.185 e. The second-order valence-corrected chi connectivity index (χ2v) is 6.77. The predicted octanol–water partition coefficient (Wildman–Crippen LogP) is 4.75. The maximum absolute atomic E-state index is 14.8. The molecule has 0 bridgehead atoms. The van der Waals surface area contributed by atoms with E-state index in [2.05, 4.69) is 25.5 Å². The minimum atomic E-state index is -1.44. The first-order chi connectivity index (χ1) is 12.0. The van der Waals surface area contributed by atoms with Crippen molar-refractivity contribution in [3.63, 3.8) is 0 Å². The quantitative estimate of drug-likeness (QED) is 0.554. The molecule has 1 unspecified atom stereocenters. The molecular weight excluding hydrogens is 344 g/mol. The van der Waals surface area contributed by atoms with Gasteiger partial charge in [0.25, 0.3) is 0 Å². The van der Waals surface area contributed by atoms with Crippen LogP contribution in [0.15, 0.2) is 18.3 Å². The highest BCUT2D eigenvalue weighted by atomic mass is 32.1. The van der Waals surface area contributed by atoms with Gasteiger partial charge in [-0.3, -0.25) is 5.10 Å². The van der Waals surface area contributed by atoms with Crippen LogP contribution in [0.4, 0.5) is 13.9 Å². The lowest BCUT2D eigenvalue weighted by molar-refractivity contribution is 0.363. The molecule has 2 N–H and O–H groups in total. The Hall–Kier alpha value is -2.61. The Morgan fingerprint density at radius 2 is 2.08 bits per heavy atom. The molecule has 8 heteroatoms. The first-order valence-corrected chi connectivity index (χ1v) is 8.57. The average Bonchev–Trinajstić information content (AvgIpc) is 3.21. The standard InChI is InChI=1S/C17H15F2N5S/c1-7-12(9-6-21-24-15(9)13(8(2)18)14(7)19)10-4-5-11-16(22-10)25-17(20-3)23-11/h4-6,8H,1-3H3,(H,20,23)(H,21,24). The van der Waals surface area contributed by atoms with Crippen LogP contribution in [-0.2, 0) is 0 Å². The lowest BCUT2D eigenvalue weighted by atomic mass is 9.95. The van der Waals surface area contributed by atoms with Crippen LogP contribution in [0.1, 0.15) is 24.2 Å². The van der Waals surface area contributed by atoms with Crippen molar-refractivity contribution in [2.24, 2.45) is 0 Å². The van der Waals surface area contributed by atoms with Crippen molar-refractivity contribution in [3.8, 4) is 11.3 Å². The first kappa shape index (κ1) is 15.9. The number of anilines is 1. The third kappa shape index (κ3) is 2.36. The van der Waals surface area contributed by atoms with Gasteiger partial charge in [0.1, 0.15) is 22.3 Å². The molecule has 128 valence electrons. The van der Waals surface area contributed by atoms with E-state index in [-0.39, 0.29) is 5.56 Å². The van der Waals surface area contributed by atoms with Crippen LogP contribution >= 0.6 is 11.3 Å². The molecule has 1 atom stereocenters. The number of hydrogen-bond acceptors (Lipinski definition) is 5. The Morgan fingerprint density at radius 1 is 1.28 bits per heavy atom. The molecule has 4 rings (SSSR count). The molecule has 4 aromatic rings. The van der Waals surface area contributed by atoms with Crippen molar-refractivity contribution in [1.82, 2.24) is 20.2 Å². The number of pyridine rings is 1. The second kappa shape index (κ2) is 5.73. The van der Waals surface area contributed by atoms with Gasteiger partial charge in [-0.2, -0.15) is 5.10 Å². The Morgan fingerprint density at radius 3 is 2.80 bits per heavy atom. The zero-order chi connectivity index (χ0) is 17.7.